The van der Waals surface area contributed by atoms with Gasteiger partial charge in [0.25, 0.3) is 0 Å². The van der Waals surface area contributed by atoms with E-state index in [2.05, 4.69) is 13.8 Å². The molecule has 0 aliphatic heterocycles. The summed E-state index contributed by atoms with van der Waals surface area (Å²) in [6, 6.07) is 4.51. The fraction of sp³-hybridized carbons (Fsp3) is 0.571. The van der Waals surface area contributed by atoms with Gasteiger partial charge in [0, 0.05) is 13.2 Å². The molecule has 0 bridgehead atoms. The van der Waals surface area contributed by atoms with Crippen LogP contribution in [0.5, 0.6) is 0 Å². The highest BCUT2D eigenvalue weighted by Gasteiger charge is 2.28. The largest absolute Gasteiger partial charge is 0.420 e. The third kappa shape index (κ3) is 4.08. The predicted molar refractivity (Wildman–Crippen MR) is 73.2 cm³/mol. The van der Waals surface area contributed by atoms with Gasteiger partial charge in [-0.25, -0.2) is 13.2 Å². The molecule has 1 nitrogen and oxygen atoms in total. The van der Waals surface area contributed by atoms with Crippen molar-refractivity contribution in [2.75, 3.05) is 7.11 Å². The zero-order valence-electron chi connectivity index (χ0n) is 11.7. The highest BCUT2D eigenvalue weighted by Crippen LogP contribution is 2.25. The molecule has 0 aliphatic carbocycles. The van der Waals surface area contributed by atoms with Gasteiger partial charge in [-0.1, -0.05) is 13.8 Å². The molecule has 0 atom stereocenters. The molecular weight excluding hydrogens is 269 g/mol. The molecule has 0 unspecified atom stereocenters. The molecule has 0 radical (unpaired) electrons. The Bertz CT molecular complexity index is 411. The standard InChI is InChI=1S/C14H21F3OSi/c1-4-19(5-2,18-3)8-6-7-11-9-13(16)14(17)10-12(11)15/h9-10H,4-8H2,1-3H3. The Morgan fingerprint density at radius 3 is 2.11 bits per heavy atom. The lowest BCUT2D eigenvalue weighted by atomic mass is 10.1. The molecule has 0 saturated carbocycles. The lowest BCUT2D eigenvalue weighted by molar-refractivity contribution is 0.389. The van der Waals surface area contributed by atoms with Crippen LogP contribution >= 0.6 is 0 Å². The molecule has 1 aromatic carbocycles. The van der Waals surface area contributed by atoms with E-state index in [1.165, 1.54) is 0 Å². The average molecular weight is 290 g/mol. The summed E-state index contributed by atoms with van der Waals surface area (Å²) in [5, 5.41) is 0. The summed E-state index contributed by atoms with van der Waals surface area (Å²) in [4.78, 5) is 0. The van der Waals surface area contributed by atoms with Gasteiger partial charge >= 0.3 is 0 Å². The molecule has 0 amide bonds. The van der Waals surface area contributed by atoms with Gasteiger partial charge in [0.2, 0.25) is 0 Å². The van der Waals surface area contributed by atoms with Gasteiger partial charge in [-0.05, 0) is 42.6 Å². The topological polar surface area (TPSA) is 9.23 Å². The Kier molecular flexibility index (Phi) is 6.07. The smallest absolute Gasteiger partial charge is 0.191 e. The van der Waals surface area contributed by atoms with Crippen molar-refractivity contribution in [2.45, 2.75) is 44.8 Å². The molecule has 1 aromatic rings. The van der Waals surface area contributed by atoms with Crippen molar-refractivity contribution in [2.24, 2.45) is 0 Å². The summed E-state index contributed by atoms with van der Waals surface area (Å²) >= 11 is 0. The van der Waals surface area contributed by atoms with Gasteiger partial charge in [0.1, 0.15) is 5.82 Å². The highest BCUT2D eigenvalue weighted by molar-refractivity contribution is 6.73. The summed E-state index contributed by atoms with van der Waals surface area (Å²) in [5.41, 5.74) is 0.241. The summed E-state index contributed by atoms with van der Waals surface area (Å²) < 4.78 is 45.0. The molecule has 108 valence electrons. The van der Waals surface area contributed by atoms with Crippen LogP contribution in [0.25, 0.3) is 0 Å². The number of hydrogen-bond donors (Lipinski definition) is 0. The first kappa shape index (κ1) is 16.2. The molecule has 0 N–H and O–H groups in total. The van der Waals surface area contributed by atoms with Gasteiger partial charge in [0.05, 0.1) is 0 Å². The van der Waals surface area contributed by atoms with Crippen LogP contribution in [-0.4, -0.2) is 15.4 Å². The van der Waals surface area contributed by atoms with Gasteiger partial charge < -0.3 is 4.43 Å². The van der Waals surface area contributed by atoms with Gasteiger partial charge in [-0.3, -0.25) is 0 Å². The molecule has 0 spiro atoms. The third-order valence-corrected chi connectivity index (χ3v) is 8.60. The maximum Gasteiger partial charge on any atom is 0.191 e. The minimum atomic E-state index is -1.70. The maximum absolute atomic E-state index is 13.5. The molecule has 5 heteroatoms. The summed E-state index contributed by atoms with van der Waals surface area (Å²) in [6.07, 6.45) is 1.16. The van der Waals surface area contributed by atoms with Crippen molar-refractivity contribution in [1.29, 1.82) is 0 Å². The summed E-state index contributed by atoms with van der Waals surface area (Å²) in [7, 11) is 0.0301. The number of hydrogen-bond acceptors (Lipinski definition) is 1. The minimum Gasteiger partial charge on any atom is -0.420 e. The van der Waals surface area contributed by atoms with Crippen molar-refractivity contribution < 1.29 is 17.6 Å². The number of aryl methyl sites for hydroxylation is 1. The Hall–Kier alpha value is -0.813. The van der Waals surface area contributed by atoms with E-state index in [4.69, 9.17) is 4.43 Å². The second kappa shape index (κ2) is 7.10. The van der Waals surface area contributed by atoms with E-state index in [9.17, 15) is 13.2 Å². The van der Waals surface area contributed by atoms with Crippen LogP contribution in [0.4, 0.5) is 13.2 Å². The van der Waals surface area contributed by atoms with Crippen molar-refractivity contribution in [3.8, 4) is 0 Å². The first-order valence-corrected chi connectivity index (χ1v) is 9.19. The SMILES string of the molecule is CC[Si](CC)(CCCc1cc(F)c(F)cc1F)OC. The van der Waals surface area contributed by atoms with Gasteiger partial charge in [-0.2, -0.15) is 0 Å². The lowest BCUT2D eigenvalue weighted by Crippen LogP contribution is -2.35. The predicted octanol–water partition coefficient (Wildman–Crippen LogP) is 4.67. The Morgan fingerprint density at radius 2 is 1.58 bits per heavy atom. The monoisotopic (exact) mass is 290 g/mol. The van der Waals surface area contributed by atoms with E-state index in [1.54, 1.807) is 7.11 Å². The van der Waals surface area contributed by atoms with Crippen LogP contribution < -0.4 is 0 Å². The van der Waals surface area contributed by atoms with Gasteiger partial charge in [0.15, 0.2) is 20.0 Å². The van der Waals surface area contributed by atoms with Gasteiger partial charge in [-0.15, -0.1) is 0 Å². The van der Waals surface area contributed by atoms with Crippen molar-refractivity contribution in [1.82, 2.24) is 0 Å². The molecule has 0 saturated heterocycles. The first-order chi connectivity index (χ1) is 8.98. The maximum atomic E-state index is 13.5. The van der Waals surface area contributed by atoms with Crippen molar-refractivity contribution in [3.05, 3.63) is 35.1 Å². The second-order valence-corrected chi connectivity index (χ2v) is 9.49. The fourth-order valence-electron chi connectivity index (χ4n) is 2.35. The zero-order valence-corrected chi connectivity index (χ0v) is 12.7. The molecular formula is C14H21F3OSi. The second-order valence-electron chi connectivity index (χ2n) is 4.81. The lowest BCUT2D eigenvalue weighted by Gasteiger charge is -2.27. The van der Waals surface area contributed by atoms with E-state index in [-0.39, 0.29) is 5.56 Å². The quantitative estimate of drug-likeness (QED) is 0.524. The van der Waals surface area contributed by atoms with E-state index in [0.29, 0.717) is 12.5 Å². The van der Waals surface area contributed by atoms with E-state index < -0.39 is 25.8 Å². The third-order valence-electron chi connectivity index (χ3n) is 3.89. The normalized spacial score (nSPS) is 11.9. The molecule has 0 fully saturated rings. The van der Waals surface area contributed by atoms with Crippen LogP contribution in [0.1, 0.15) is 25.8 Å². The van der Waals surface area contributed by atoms with E-state index in [1.807, 2.05) is 0 Å². The number of halogens is 3. The average Bonchev–Trinajstić information content (AvgIpc) is 2.41. The fourth-order valence-corrected chi connectivity index (χ4v) is 5.16. The van der Waals surface area contributed by atoms with Crippen LogP contribution in [-0.2, 0) is 10.8 Å². The molecule has 1 rings (SSSR count). The van der Waals surface area contributed by atoms with Crippen LogP contribution in [0.15, 0.2) is 12.1 Å². The molecule has 19 heavy (non-hydrogen) atoms. The Balaban J connectivity index is 2.65. The van der Waals surface area contributed by atoms with Crippen LogP contribution in [0.3, 0.4) is 0 Å². The number of rotatable bonds is 7. The van der Waals surface area contributed by atoms with Crippen LogP contribution in [0, 0.1) is 17.5 Å². The van der Waals surface area contributed by atoms with Crippen LogP contribution in [0.2, 0.25) is 18.1 Å². The molecule has 0 aromatic heterocycles. The summed E-state index contributed by atoms with van der Waals surface area (Å²) in [5.74, 6) is -2.79. The zero-order chi connectivity index (χ0) is 14.5. The van der Waals surface area contributed by atoms with E-state index in [0.717, 1.165) is 30.6 Å². The highest BCUT2D eigenvalue weighted by atomic mass is 28.4. The van der Waals surface area contributed by atoms with E-state index >= 15 is 0 Å². The minimum absolute atomic E-state index is 0.241. The molecule has 0 aliphatic rings. The van der Waals surface area contributed by atoms with Crippen molar-refractivity contribution >= 4 is 8.32 Å². The Morgan fingerprint density at radius 1 is 1.00 bits per heavy atom. The van der Waals surface area contributed by atoms with Crippen molar-refractivity contribution in [3.63, 3.8) is 0 Å². The number of benzene rings is 1. The first-order valence-electron chi connectivity index (χ1n) is 6.66. The Labute approximate surface area is 113 Å². The molecule has 0 heterocycles. The summed E-state index contributed by atoms with van der Waals surface area (Å²) in [6.45, 7) is 4.22.